The van der Waals surface area contributed by atoms with Crippen molar-refractivity contribution in [1.29, 1.82) is 0 Å². The molecule has 1 fully saturated rings. The molecule has 0 amide bonds. The Morgan fingerprint density at radius 1 is 1.00 bits per heavy atom. The highest BCUT2D eigenvalue weighted by Gasteiger charge is 2.39. The average Bonchev–Trinajstić information content (AvgIpc) is 2.57. The predicted octanol–water partition coefficient (Wildman–Crippen LogP) is 8.36. The molecule has 0 heterocycles. The zero-order valence-corrected chi connectivity index (χ0v) is 19.6. The lowest BCUT2D eigenvalue weighted by molar-refractivity contribution is 0.0970. The van der Waals surface area contributed by atoms with Gasteiger partial charge in [0, 0.05) is 18.8 Å². The Balaban J connectivity index is 2.16. The van der Waals surface area contributed by atoms with Gasteiger partial charge in [-0.15, -0.1) is 6.58 Å². The van der Waals surface area contributed by atoms with Gasteiger partial charge >= 0.3 is 0 Å². The highest BCUT2D eigenvalue weighted by atomic mass is 15.1. The van der Waals surface area contributed by atoms with E-state index in [1.54, 1.807) is 5.56 Å². The van der Waals surface area contributed by atoms with Crippen LogP contribution in [0.4, 0.5) is 5.69 Å². The maximum atomic E-state index is 4.04. The summed E-state index contributed by atoms with van der Waals surface area (Å²) in [6.45, 7) is 20.7. The van der Waals surface area contributed by atoms with Crippen molar-refractivity contribution < 1.29 is 0 Å². The van der Waals surface area contributed by atoms with E-state index in [-0.39, 0.29) is 0 Å². The maximum Gasteiger partial charge on any atom is 0.0401 e. The lowest BCUT2D eigenvalue weighted by atomic mass is 9.60. The standard InChI is InChI=1S/C27H45N/c1-8-17-28(18-13-9-10-14-22(2)3)25-16-12-11-15-24(25)23-19-26(4,5)21-27(6,7)20-23/h11-12,15-16,23H,2,8-10,13-14,17-21H2,1,3-7H3. The molecule has 1 aromatic rings. The molecule has 0 atom stereocenters. The van der Waals surface area contributed by atoms with Crippen LogP contribution in [-0.4, -0.2) is 13.1 Å². The fourth-order valence-electron chi connectivity index (χ4n) is 5.72. The summed E-state index contributed by atoms with van der Waals surface area (Å²) >= 11 is 0. The number of allylic oxidation sites excluding steroid dienone is 1. The number of hydrogen-bond acceptors (Lipinski definition) is 1. The van der Waals surface area contributed by atoms with Crippen molar-refractivity contribution in [1.82, 2.24) is 0 Å². The molecule has 0 saturated heterocycles. The Morgan fingerprint density at radius 2 is 1.64 bits per heavy atom. The van der Waals surface area contributed by atoms with Crippen LogP contribution < -0.4 is 4.90 Å². The smallest absolute Gasteiger partial charge is 0.0401 e. The molecule has 1 heteroatoms. The van der Waals surface area contributed by atoms with E-state index in [9.17, 15) is 0 Å². The van der Waals surface area contributed by atoms with Gasteiger partial charge in [0.25, 0.3) is 0 Å². The van der Waals surface area contributed by atoms with Crippen LogP contribution in [-0.2, 0) is 0 Å². The van der Waals surface area contributed by atoms with E-state index < -0.39 is 0 Å². The maximum absolute atomic E-state index is 4.04. The van der Waals surface area contributed by atoms with Crippen LogP contribution in [0.5, 0.6) is 0 Å². The molecular formula is C27H45N. The van der Waals surface area contributed by atoms with Crippen LogP contribution in [0.1, 0.15) is 104 Å². The quantitative estimate of drug-likeness (QED) is 0.290. The molecule has 0 bridgehead atoms. The Hall–Kier alpha value is -1.24. The number of hydrogen-bond donors (Lipinski definition) is 0. The van der Waals surface area contributed by atoms with E-state index >= 15 is 0 Å². The molecule has 1 aliphatic carbocycles. The highest BCUT2D eigenvalue weighted by molar-refractivity contribution is 5.55. The predicted molar refractivity (Wildman–Crippen MR) is 126 cm³/mol. The molecule has 158 valence electrons. The minimum absolute atomic E-state index is 0.428. The molecule has 0 aliphatic heterocycles. The van der Waals surface area contributed by atoms with E-state index in [1.807, 2.05) is 0 Å². The second-order valence-electron chi connectivity index (χ2n) is 10.9. The molecule has 1 nitrogen and oxygen atoms in total. The van der Waals surface area contributed by atoms with Crippen LogP contribution in [0.2, 0.25) is 0 Å². The van der Waals surface area contributed by atoms with E-state index in [0.29, 0.717) is 16.7 Å². The minimum Gasteiger partial charge on any atom is -0.371 e. The summed E-state index contributed by atoms with van der Waals surface area (Å²) < 4.78 is 0. The van der Waals surface area contributed by atoms with Crippen LogP contribution in [0, 0.1) is 10.8 Å². The minimum atomic E-state index is 0.428. The largest absolute Gasteiger partial charge is 0.371 e. The Bertz CT molecular complexity index is 609. The van der Waals surface area contributed by atoms with Crippen molar-refractivity contribution >= 4 is 5.69 Å². The number of anilines is 1. The van der Waals surface area contributed by atoms with Gasteiger partial charge in [-0.05, 0) is 80.2 Å². The molecule has 0 unspecified atom stereocenters. The Morgan fingerprint density at radius 3 is 2.25 bits per heavy atom. The van der Waals surface area contributed by atoms with Crippen molar-refractivity contribution in [3.63, 3.8) is 0 Å². The van der Waals surface area contributed by atoms with Crippen LogP contribution in [0.3, 0.4) is 0 Å². The zero-order chi connectivity index (χ0) is 20.8. The first kappa shape index (κ1) is 23.0. The molecule has 0 aromatic heterocycles. The number of nitrogens with zero attached hydrogens (tertiary/aromatic N) is 1. The first-order chi connectivity index (χ1) is 13.1. The number of para-hydroxylation sites is 1. The van der Waals surface area contributed by atoms with Crippen molar-refractivity contribution in [2.45, 2.75) is 98.8 Å². The average molecular weight is 384 g/mol. The lowest BCUT2D eigenvalue weighted by Crippen LogP contribution is -2.34. The van der Waals surface area contributed by atoms with Gasteiger partial charge in [0.05, 0.1) is 0 Å². The van der Waals surface area contributed by atoms with Gasteiger partial charge in [-0.2, -0.15) is 0 Å². The summed E-state index contributed by atoms with van der Waals surface area (Å²) in [6.07, 6.45) is 10.2. The third-order valence-corrected chi connectivity index (χ3v) is 6.30. The van der Waals surface area contributed by atoms with Gasteiger partial charge < -0.3 is 4.90 Å². The Kier molecular flexibility index (Phi) is 8.22. The molecule has 1 aromatic carbocycles. The van der Waals surface area contributed by atoms with Crippen LogP contribution in [0.25, 0.3) is 0 Å². The van der Waals surface area contributed by atoms with Crippen molar-refractivity contribution in [3.05, 3.63) is 42.0 Å². The second-order valence-corrected chi connectivity index (χ2v) is 10.9. The molecule has 1 saturated carbocycles. The zero-order valence-electron chi connectivity index (χ0n) is 19.6. The number of rotatable bonds is 10. The van der Waals surface area contributed by atoms with E-state index in [1.165, 1.54) is 69.2 Å². The third kappa shape index (κ3) is 6.98. The summed E-state index contributed by atoms with van der Waals surface area (Å²) in [6, 6.07) is 9.29. The van der Waals surface area contributed by atoms with Crippen molar-refractivity contribution in [3.8, 4) is 0 Å². The molecule has 28 heavy (non-hydrogen) atoms. The highest BCUT2D eigenvalue weighted by Crippen LogP contribution is 2.53. The van der Waals surface area contributed by atoms with Gasteiger partial charge in [0.1, 0.15) is 0 Å². The first-order valence-electron chi connectivity index (χ1n) is 11.6. The number of unbranched alkanes of at least 4 members (excludes halogenated alkanes) is 2. The second kappa shape index (κ2) is 9.99. The van der Waals surface area contributed by atoms with Gasteiger partial charge in [-0.1, -0.05) is 64.8 Å². The monoisotopic (exact) mass is 383 g/mol. The topological polar surface area (TPSA) is 3.24 Å². The summed E-state index contributed by atoms with van der Waals surface area (Å²) in [5.41, 5.74) is 5.27. The fourth-order valence-corrected chi connectivity index (χ4v) is 5.72. The SMILES string of the molecule is C=C(C)CCCCCN(CCC)c1ccccc1C1CC(C)(C)CC(C)(C)C1. The van der Waals surface area contributed by atoms with Crippen molar-refractivity contribution in [2.24, 2.45) is 10.8 Å². The van der Waals surface area contributed by atoms with Crippen molar-refractivity contribution in [2.75, 3.05) is 18.0 Å². The summed E-state index contributed by atoms with van der Waals surface area (Å²) in [7, 11) is 0. The summed E-state index contributed by atoms with van der Waals surface area (Å²) in [5, 5.41) is 0. The molecule has 0 radical (unpaired) electrons. The number of benzene rings is 1. The van der Waals surface area contributed by atoms with Crippen LogP contribution in [0.15, 0.2) is 36.4 Å². The molecular weight excluding hydrogens is 338 g/mol. The summed E-state index contributed by atoms with van der Waals surface area (Å²) in [4.78, 5) is 2.67. The summed E-state index contributed by atoms with van der Waals surface area (Å²) in [5.74, 6) is 0.678. The van der Waals surface area contributed by atoms with Gasteiger partial charge in [0.15, 0.2) is 0 Å². The molecule has 2 rings (SSSR count). The molecule has 1 aliphatic rings. The van der Waals surface area contributed by atoms with Gasteiger partial charge in [0.2, 0.25) is 0 Å². The normalized spacial score (nSPS) is 18.8. The van der Waals surface area contributed by atoms with Gasteiger partial charge in [-0.25, -0.2) is 0 Å². The van der Waals surface area contributed by atoms with Crippen LogP contribution >= 0.6 is 0 Å². The van der Waals surface area contributed by atoms with E-state index in [0.717, 1.165) is 6.54 Å². The van der Waals surface area contributed by atoms with Gasteiger partial charge in [-0.3, -0.25) is 0 Å². The first-order valence-corrected chi connectivity index (χ1v) is 11.6. The third-order valence-electron chi connectivity index (χ3n) is 6.30. The lowest BCUT2D eigenvalue weighted by Gasteiger charge is -2.46. The Labute approximate surface area is 175 Å². The molecule has 0 N–H and O–H groups in total. The van der Waals surface area contributed by atoms with E-state index in [4.69, 9.17) is 0 Å². The molecule has 0 spiro atoms. The van der Waals surface area contributed by atoms with E-state index in [2.05, 4.69) is 77.3 Å². The fraction of sp³-hybridized carbons (Fsp3) is 0.704.